The SMILES string of the molecule is Clc1cc(Cl)c2ccsc2n1.O=C(Cc1cccc(Nc2cc(Cl)nc3sccc23)c1)c1cccc(C(F)(F)F)c1.O=C(Nc1cccc(C(F)(F)F)c1)c1cccc(Nc2cc(-c3cccnc3)nc3sccc23)c1. The standard InChI is InChI=1S/C26H17F3N4OS.C22H14ClF3N2OS.C7H3Cl2NS/c27-26(28,29)18-6-2-8-20(13-18)32-24(34)16-4-1-7-19(12-16)31-23-14-22(17-5-3-10-30-15-17)33-25-21(23)9-11-35-25;23-20-12-18(17-7-8-30-21(17)28-20)27-16-6-1-3-13(9-16)10-19(29)14-4-2-5-15(11-14)22(24,25)26;8-5-3-6(9)10-7-4(5)1-2-11-7/h1-15H,(H,31,33)(H,32,34);1-9,11-12H,10H2,(H,27,28);1-3H. The summed E-state index contributed by atoms with van der Waals surface area (Å²) in [4.78, 5) is 45.1. The Bertz CT molecular complexity index is 3890. The van der Waals surface area contributed by atoms with Crippen molar-refractivity contribution in [1.82, 2.24) is 19.9 Å². The molecule has 0 atom stereocenters. The van der Waals surface area contributed by atoms with E-state index in [2.05, 4.69) is 30.9 Å². The van der Waals surface area contributed by atoms with Crippen LogP contribution in [0.4, 0.5) is 54.8 Å². The van der Waals surface area contributed by atoms with Gasteiger partial charge in [-0.15, -0.1) is 34.0 Å². The number of alkyl halides is 6. The maximum atomic E-state index is 13.0. The number of thiophene rings is 3. The van der Waals surface area contributed by atoms with Gasteiger partial charge in [-0.05, 0) is 131 Å². The Morgan fingerprint density at radius 2 is 1.08 bits per heavy atom. The summed E-state index contributed by atoms with van der Waals surface area (Å²) >= 11 is 22.2. The zero-order valence-corrected chi connectivity index (χ0v) is 43.4. The van der Waals surface area contributed by atoms with Crippen LogP contribution in [0.25, 0.3) is 41.9 Å². The van der Waals surface area contributed by atoms with Crippen LogP contribution in [-0.2, 0) is 18.8 Å². The minimum absolute atomic E-state index is 0.0121. The molecule has 11 aromatic rings. The molecule has 0 spiro atoms. The molecule has 382 valence electrons. The molecule has 21 heteroatoms. The Hall–Kier alpha value is -7.45. The Balaban J connectivity index is 0.000000156. The first-order valence-corrected chi connectivity index (χ1v) is 26.1. The molecule has 11 rings (SSSR count). The van der Waals surface area contributed by atoms with E-state index in [0.29, 0.717) is 32.1 Å². The van der Waals surface area contributed by atoms with Crippen molar-refractivity contribution in [1.29, 1.82) is 0 Å². The zero-order chi connectivity index (χ0) is 53.6. The van der Waals surface area contributed by atoms with Gasteiger partial charge in [0.1, 0.15) is 24.8 Å². The molecule has 0 unspecified atom stereocenters. The summed E-state index contributed by atoms with van der Waals surface area (Å²) in [5, 5.41) is 19.3. The number of rotatable bonds is 10. The molecule has 0 radical (unpaired) electrons. The molecule has 3 N–H and O–H groups in total. The average Bonchev–Trinajstić information content (AvgIpc) is 4.20. The summed E-state index contributed by atoms with van der Waals surface area (Å²) in [6.07, 6.45) is -5.55. The first kappa shape index (κ1) is 53.4. The van der Waals surface area contributed by atoms with E-state index >= 15 is 0 Å². The van der Waals surface area contributed by atoms with Crippen molar-refractivity contribution in [3.05, 3.63) is 217 Å². The van der Waals surface area contributed by atoms with Gasteiger partial charge in [-0.1, -0.05) is 71.2 Å². The van der Waals surface area contributed by atoms with E-state index in [9.17, 15) is 35.9 Å². The number of anilines is 5. The van der Waals surface area contributed by atoms with Crippen LogP contribution in [0, 0.1) is 0 Å². The molecule has 76 heavy (non-hydrogen) atoms. The van der Waals surface area contributed by atoms with Crippen LogP contribution in [-0.4, -0.2) is 31.6 Å². The minimum Gasteiger partial charge on any atom is -0.355 e. The second-order valence-electron chi connectivity index (χ2n) is 16.4. The summed E-state index contributed by atoms with van der Waals surface area (Å²) in [6.45, 7) is 0. The van der Waals surface area contributed by atoms with E-state index in [1.807, 2.05) is 64.7 Å². The lowest BCUT2D eigenvalue weighted by molar-refractivity contribution is -0.138. The van der Waals surface area contributed by atoms with Crippen LogP contribution in [0.2, 0.25) is 15.3 Å². The van der Waals surface area contributed by atoms with E-state index in [0.717, 1.165) is 83.2 Å². The smallest absolute Gasteiger partial charge is 0.355 e. The Labute approximate surface area is 455 Å². The molecule has 0 bridgehead atoms. The highest BCUT2D eigenvalue weighted by atomic mass is 35.5. The number of amides is 1. The number of carbonyl (C=O) groups is 2. The summed E-state index contributed by atoms with van der Waals surface area (Å²) < 4.78 is 77.7. The summed E-state index contributed by atoms with van der Waals surface area (Å²) in [7, 11) is 0. The zero-order valence-electron chi connectivity index (χ0n) is 38.7. The fraction of sp³-hybridized carbons (Fsp3) is 0.0545. The van der Waals surface area contributed by atoms with Gasteiger partial charge >= 0.3 is 12.4 Å². The van der Waals surface area contributed by atoms with Crippen LogP contribution in [0.5, 0.6) is 0 Å². The number of Topliss-reactive ketones (excluding diaryl/α,β-unsaturated/α-hetero) is 1. The number of halogens is 9. The molecular weight excluding hydrogens is 1110 g/mol. The maximum absolute atomic E-state index is 13.0. The first-order valence-electron chi connectivity index (χ1n) is 22.4. The van der Waals surface area contributed by atoms with Crippen molar-refractivity contribution >= 4 is 140 Å². The number of nitrogens with zero attached hydrogens (tertiary/aromatic N) is 4. The third-order valence-electron chi connectivity index (χ3n) is 11.1. The van der Waals surface area contributed by atoms with Gasteiger partial charge in [0.25, 0.3) is 5.91 Å². The molecule has 1 amide bonds. The number of fused-ring (bicyclic) bond motifs is 3. The molecule has 0 fully saturated rings. The number of nitrogens with one attached hydrogen (secondary N) is 3. The van der Waals surface area contributed by atoms with Crippen molar-refractivity contribution in [3.63, 3.8) is 0 Å². The monoisotopic (exact) mass is 1140 g/mol. The van der Waals surface area contributed by atoms with Crippen LogP contribution >= 0.6 is 68.8 Å². The quantitative estimate of drug-likeness (QED) is 0.0703. The van der Waals surface area contributed by atoms with Gasteiger partial charge in [0.05, 0.1) is 33.2 Å². The summed E-state index contributed by atoms with van der Waals surface area (Å²) in [5.74, 6) is -0.898. The molecule has 0 aliphatic carbocycles. The highest BCUT2D eigenvalue weighted by Crippen LogP contribution is 2.36. The lowest BCUT2D eigenvalue weighted by Gasteiger charge is -2.12. The van der Waals surface area contributed by atoms with Crippen LogP contribution in [0.15, 0.2) is 174 Å². The summed E-state index contributed by atoms with van der Waals surface area (Å²) in [6, 6.07) is 37.8. The topological polar surface area (TPSA) is 122 Å². The third kappa shape index (κ3) is 13.3. The Morgan fingerprint density at radius 3 is 1.75 bits per heavy atom. The fourth-order valence-electron chi connectivity index (χ4n) is 7.56. The number of hydrogen-bond donors (Lipinski definition) is 3. The molecule has 9 nitrogen and oxygen atoms in total. The van der Waals surface area contributed by atoms with Crippen molar-refractivity contribution in [2.45, 2.75) is 18.8 Å². The molecule has 0 aliphatic rings. The molecule has 7 heterocycles. The van der Waals surface area contributed by atoms with Crippen LogP contribution in [0.1, 0.15) is 37.4 Å². The second kappa shape index (κ2) is 23.2. The number of benzene rings is 4. The highest BCUT2D eigenvalue weighted by molar-refractivity contribution is 7.17. The van der Waals surface area contributed by atoms with Crippen LogP contribution in [0.3, 0.4) is 0 Å². The van der Waals surface area contributed by atoms with E-state index in [-0.39, 0.29) is 23.5 Å². The maximum Gasteiger partial charge on any atom is 0.416 e. The minimum atomic E-state index is -4.49. The fourth-order valence-corrected chi connectivity index (χ4v) is 10.8. The number of ketones is 1. The van der Waals surface area contributed by atoms with E-state index in [4.69, 9.17) is 39.8 Å². The molecule has 0 aliphatic heterocycles. The van der Waals surface area contributed by atoms with Crippen LogP contribution < -0.4 is 16.0 Å². The number of carbonyl (C=O) groups excluding carboxylic acids is 2. The predicted molar refractivity (Wildman–Crippen MR) is 295 cm³/mol. The molecule has 7 aromatic heterocycles. The van der Waals surface area contributed by atoms with Crippen molar-refractivity contribution in [2.75, 3.05) is 16.0 Å². The van der Waals surface area contributed by atoms with Gasteiger partial charge < -0.3 is 16.0 Å². The lowest BCUT2D eigenvalue weighted by Crippen LogP contribution is -2.13. The number of hydrogen-bond acceptors (Lipinski definition) is 11. The van der Waals surface area contributed by atoms with Crippen molar-refractivity contribution in [2.24, 2.45) is 0 Å². The molecule has 4 aromatic carbocycles. The molecule has 0 saturated heterocycles. The van der Waals surface area contributed by atoms with Gasteiger partial charge in [-0.2, -0.15) is 26.3 Å². The number of pyridine rings is 4. The first-order chi connectivity index (χ1) is 36.4. The average molecular weight is 1140 g/mol. The third-order valence-corrected chi connectivity index (χ3v) is 14.2. The molecular formula is C55H34Cl3F6N7O2S3. The second-order valence-corrected chi connectivity index (χ2v) is 20.2. The van der Waals surface area contributed by atoms with E-state index in [1.165, 1.54) is 58.3 Å². The van der Waals surface area contributed by atoms with Gasteiger partial charge in [-0.3, -0.25) is 14.6 Å². The normalized spacial score (nSPS) is 11.4. The van der Waals surface area contributed by atoms with Gasteiger partial charge in [0, 0.05) is 68.7 Å². The van der Waals surface area contributed by atoms with Gasteiger partial charge in [-0.25, -0.2) is 15.0 Å². The largest absolute Gasteiger partial charge is 0.416 e. The van der Waals surface area contributed by atoms with Gasteiger partial charge in [0.15, 0.2) is 5.78 Å². The van der Waals surface area contributed by atoms with E-state index in [1.54, 1.807) is 60.9 Å². The van der Waals surface area contributed by atoms with Crippen molar-refractivity contribution < 1.29 is 35.9 Å². The number of aromatic nitrogens is 4. The molecule has 0 saturated carbocycles. The Kier molecular flexibility index (Phi) is 16.3. The van der Waals surface area contributed by atoms with E-state index < -0.39 is 29.4 Å². The lowest BCUT2D eigenvalue weighted by atomic mass is 10.0. The highest BCUT2D eigenvalue weighted by Gasteiger charge is 2.31. The Morgan fingerprint density at radius 1 is 0.526 bits per heavy atom. The van der Waals surface area contributed by atoms with Crippen molar-refractivity contribution in [3.8, 4) is 11.3 Å². The van der Waals surface area contributed by atoms with Gasteiger partial charge in [0.2, 0.25) is 0 Å². The summed E-state index contributed by atoms with van der Waals surface area (Å²) in [5.41, 5.74) is 4.04. The predicted octanol–water partition coefficient (Wildman–Crippen LogP) is 18.1.